The maximum Gasteiger partial charge on any atom is 0.354 e. The number of benzene rings is 1. The molecule has 6 heteroatoms. The van der Waals surface area contributed by atoms with Crippen molar-refractivity contribution in [2.45, 2.75) is 6.10 Å². The number of carbonyl (C=O) groups is 1. The summed E-state index contributed by atoms with van der Waals surface area (Å²) in [7, 11) is 1.51. The molecule has 1 atom stereocenters. The second kappa shape index (κ2) is 6.31. The van der Waals surface area contributed by atoms with Crippen LogP contribution in [0.25, 0.3) is 10.9 Å². The lowest BCUT2D eigenvalue weighted by atomic mass is 10.1. The summed E-state index contributed by atoms with van der Waals surface area (Å²) < 4.78 is 4.85. The van der Waals surface area contributed by atoms with Crippen molar-refractivity contribution in [2.24, 2.45) is 0 Å². The number of hydrogen-bond acceptors (Lipinski definition) is 5. The van der Waals surface area contributed by atoms with E-state index in [9.17, 15) is 9.90 Å². The number of ether oxygens (including phenoxy) is 1. The minimum Gasteiger partial charge on any atom is -0.477 e. The van der Waals surface area contributed by atoms with Crippen LogP contribution in [0.1, 0.15) is 10.5 Å². The van der Waals surface area contributed by atoms with Crippen molar-refractivity contribution in [1.82, 2.24) is 4.98 Å². The number of aliphatic hydroxyl groups excluding tert-OH is 1. The second-order valence-electron chi connectivity index (χ2n) is 4.37. The third-order valence-electron chi connectivity index (χ3n) is 2.82. The highest BCUT2D eigenvalue weighted by Crippen LogP contribution is 2.23. The third kappa shape index (κ3) is 3.23. The monoisotopic (exact) mass is 276 g/mol. The van der Waals surface area contributed by atoms with Crippen LogP contribution in [0.2, 0.25) is 0 Å². The molecule has 0 saturated carbocycles. The van der Waals surface area contributed by atoms with Crippen LogP contribution >= 0.6 is 0 Å². The van der Waals surface area contributed by atoms with Gasteiger partial charge >= 0.3 is 5.97 Å². The van der Waals surface area contributed by atoms with Gasteiger partial charge in [-0.05, 0) is 12.1 Å². The molecule has 1 unspecified atom stereocenters. The molecule has 0 spiro atoms. The highest BCUT2D eigenvalue weighted by molar-refractivity contribution is 5.97. The molecule has 2 aromatic rings. The van der Waals surface area contributed by atoms with Gasteiger partial charge in [0.1, 0.15) is 0 Å². The maximum atomic E-state index is 11.1. The zero-order chi connectivity index (χ0) is 14.5. The Hall–Kier alpha value is -2.18. The lowest BCUT2D eigenvalue weighted by Crippen LogP contribution is -2.24. The minimum absolute atomic E-state index is 0.0348. The molecular formula is C14H16N2O4. The molecule has 0 aliphatic rings. The Morgan fingerprint density at radius 3 is 2.90 bits per heavy atom. The second-order valence-corrected chi connectivity index (χ2v) is 4.37. The topological polar surface area (TPSA) is 91.7 Å². The van der Waals surface area contributed by atoms with Crippen LogP contribution in [-0.2, 0) is 4.74 Å². The number of aromatic carboxylic acids is 1. The number of anilines is 1. The van der Waals surface area contributed by atoms with Gasteiger partial charge in [-0.25, -0.2) is 9.78 Å². The average molecular weight is 276 g/mol. The average Bonchev–Trinajstić information content (AvgIpc) is 2.44. The van der Waals surface area contributed by atoms with Gasteiger partial charge in [-0.2, -0.15) is 0 Å². The summed E-state index contributed by atoms with van der Waals surface area (Å²) in [5.74, 6) is -1.09. The van der Waals surface area contributed by atoms with Crippen molar-refractivity contribution in [2.75, 3.05) is 25.6 Å². The lowest BCUT2D eigenvalue weighted by molar-refractivity contribution is 0.0691. The number of para-hydroxylation sites is 1. The quantitative estimate of drug-likeness (QED) is 0.737. The number of nitrogens with zero attached hydrogens (tertiary/aromatic N) is 1. The van der Waals surface area contributed by atoms with Gasteiger partial charge in [0, 0.05) is 24.7 Å². The first-order chi connectivity index (χ1) is 9.61. The molecule has 1 aromatic heterocycles. The van der Waals surface area contributed by atoms with E-state index in [4.69, 9.17) is 9.84 Å². The molecular weight excluding hydrogens is 260 g/mol. The van der Waals surface area contributed by atoms with Gasteiger partial charge in [0.15, 0.2) is 5.69 Å². The number of methoxy groups -OCH3 is 1. The molecule has 0 aliphatic heterocycles. The fourth-order valence-electron chi connectivity index (χ4n) is 1.91. The first-order valence-electron chi connectivity index (χ1n) is 6.15. The van der Waals surface area contributed by atoms with Crippen molar-refractivity contribution >= 4 is 22.6 Å². The molecule has 106 valence electrons. The van der Waals surface area contributed by atoms with Gasteiger partial charge < -0.3 is 20.3 Å². The normalized spacial score (nSPS) is 12.3. The summed E-state index contributed by atoms with van der Waals surface area (Å²) in [5, 5.41) is 22.6. The fraction of sp³-hybridized carbons (Fsp3) is 0.286. The smallest absolute Gasteiger partial charge is 0.354 e. The number of carboxylic acid groups (broad SMARTS) is 1. The number of aromatic nitrogens is 1. The van der Waals surface area contributed by atoms with E-state index in [0.717, 1.165) is 5.39 Å². The first kappa shape index (κ1) is 14.2. The number of aliphatic hydroxyl groups is 1. The number of carboxylic acids is 1. The van der Waals surface area contributed by atoms with Crippen LogP contribution in [0.15, 0.2) is 30.3 Å². The standard InChI is InChI=1S/C14H16N2O4/c1-20-8-9(17)7-15-12-6-13(14(18)19)16-11-5-3-2-4-10(11)12/h2-6,9,17H,7-8H2,1H3,(H,15,16)(H,18,19). The molecule has 6 nitrogen and oxygen atoms in total. The van der Waals surface area contributed by atoms with E-state index in [2.05, 4.69) is 10.3 Å². The Kier molecular flexibility index (Phi) is 4.49. The van der Waals surface area contributed by atoms with Crippen LogP contribution in [0.3, 0.4) is 0 Å². The number of nitrogens with one attached hydrogen (secondary N) is 1. The first-order valence-corrected chi connectivity index (χ1v) is 6.15. The van der Waals surface area contributed by atoms with E-state index in [1.165, 1.54) is 13.2 Å². The van der Waals surface area contributed by atoms with E-state index in [1.54, 1.807) is 12.1 Å². The Labute approximate surface area is 116 Å². The van der Waals surface area contributed by atoms with Gasteiger partial charge in [0.25, 0.3) is 0 Å². The molecule has 0 amide bonds. The van der Waals surface area contributed by atoms with Crippen LogP contribution < -0.4 is 5.32 Å². The summed E-state index contributed by atoms with van der Waals surface area (Å²) >= 11 is 0. The van der Waals surface area contributed by atoms with Gasteiger partial charge in [-0.15, -0.1) is 0 Å². The fourth-order valence-corrected chi connectivity index (χ4v) is 1.91. The molecule has 0 bridgehead atoms. The largest absolute Gasteiger partial charge is 0.477 e. The molecule has 3 N–H and O–H groups in total. The van der Waals surface area contributed by atoms with Crippen molar-refractivity contribution in [3.05, 3.63) is 36.0 Å². The van der Waals surface area contributed by atoms with Gasteiger partial charge in [-0.1, -0.05) is 18.2 Å². The van der Waals surface area contributed by atoms with Crippen LogP contribution in [0, 0.1) is 0 Å². The molecule has 0 aliphatic carbocycles. The highest BCUT2D eigenvalue weighted by Gasteiger charge is 2.11. The van der Waals surface area contributed by atoms with Crippen LogP contribution in [0.5, 0.6) is 0 Å². The van der Waals surface area contributed by atoms with E-state index in [-0.39, 0.29) is 18.8 Å². The molecule has 20 heavy (non-hydrogen) atoms. The minimum atomic E-state index is -1.09. The molecule has 0 radical (unpaired) electrons. The number of fused-ring (bicyclic) bond motifs is 1. The summed E-state index contributed by atoms with van der Waals surface area (Å²) in [6, 6.07) is 8.70. The Balaban J connectivity index is 2.32. The van der Waals surface area contributed by atoms with Crippen molar-refractivity contribution in [1.29, 1.82) is 0 Å². The number of hydrogen-bond donors (Lipinski definition) is 3. The summed E-state index contributed by atoms with van der Waals surface area (Å²) in [6.07, 6.45) is -0.666. The predicted octanol–water partition coefficient (Wildman–Crippen LogP) is 1.35. The highest BCUT2D eigenvalue weighted by atomic mass is 16.5. The van der Waals surface area contributed by atoms with E-state index >= 15 is 0 Å². The summed E-state index contributed by atoms with van der Waals surface area (Å²) in [5.41, 5.74) is 1.19. The molecule has 0 saturated heterocycles. The predicted molar refractivity (Wildman–Crippen MR) is 75.1 cm³/mol. The molecule has 2 rings (SSSR count). The van der Waals surface area contributed by atoms with Crippen molar-refractivity contribution in [3.8, 4) is 0 Å². The molecule has 0 fully saturated rings. The zero-order valence-corrected chi connectivity index (χ0v) is 11.0. The number of rotatable bonds is 6. The summed E-state index contributed by atoms with van der Waals surface area (Å²) in [4.78, 5) is 15.1. The molecule has 1 heterocycles. The van der Waals surface area contributed by atoms with Gasteiger partial charge in [0.2, 0.25) is 0 Å². The Morgan fingerprint density at radius 2 is 2.20 bits per heavy atom. The molecule has 1 aromatic carbocycles. The van der Waals surface area contributed by atoms with Crippen molar-refractivity contribution in [3.63, 3.8) is 0 Å². The number of pyridine rings is 1. The SMILES string of the molecule is COCC(O)CNc1cc(C(=O)O)nc2ccccc12. The van der Waals surface area contributed by atoms with E-state index in [0.29, 0.717) is 11.2 Å². The summed E-state index contributed by atoms with van der Waals surface area (Å²) in [6.45, 7) is 0.475. The van der Waals surface area contributed by atoms with E-state index < -0.39 is 12.1 Å². The Bertz CT molecular complexity index is 615. The van der Waals surface area contributed by atoms with Crippen LogP contribution in [-0.4, -0.2) is 47.5 Å². The van der Waals surface area contributed by atoms with Gasteiger partial charge in [0.05, 0.1) is 18.2 Å². The maximum absolute atomic E-state index is 11.1. The third-order valence-corrected chi connectivity index (χ3v) is 2.82. The van der Waals surface area contributed by atoms with E-state index in [1.807, 2.05) is 12.1 Å². The van der Waals surface area contributed by atoms with Gasteiger partial charge in [-0.3, -0.25) is 0 Å². The van der Waals surface area contributed by atoms with Crippen molar-refractivity contribution < 1.29 is 19.7 Å². The lowest BCUT2D eigenvalue weighted by Gasteiger charge is -2.14. The zero-order valence-electron chi connectivity index (χ0n) is 11.0. The Morgan fingerprint density at radius 1 is 1.45 bits per heavy atom. The van der Waals surface area contributed by atoms with Crippen LogP contribution in [0.4, 0.5) is 5.69 Å².